The highest BCUT2D eigenvalue weighted by molar-refractivity contribution is 5.75. The van der Waals surface area contributed by atoms with Crippen molar-refractivity contribution in [2.45, 2.75) is 25.7 Å². The number of carboxylic acids is 1. The highest BCUT2D eigenvalue weighted by Crippen LogP contribution is 2.42. The average molecular weight is 251 g/mol. The van der Waals surface area contributed by atoms with Crippen LogP contribution in [0.5, 0.6) is 0 Å². The number of hydrogen-bond donors (Lipinski definition) is 2. The van der Waals surface area contributed by atoms with Crippen molar-refractivity contribution in [3.05, 3.63) is 35.6 Å². The molecular formula is C14H18FNO2. The summed E-state index contributed by atoms with van der Waals surface area (Å²) >= 11 is 0. The van der Waals surface area contributed by atoms with Gasteiger partial charge in [0.15, 0.2) is 0 Å². The predicted octanol–water partition coefficient (Wildman–Crippen LogP) is 2.20. The van der Waals surface area contributed by atoms with Crippen LogP contribution < -0.4 is 5.73 Å². The van der Waals surface area contributed by atoms with Crippen LogP contribution >= 0.6 is 0 Å². The van der Waals surface area contributed by atoms with Crippen LogP contribution in [0, 0.1) is 17.2 Å². The molecule has 4 heteroatoms. The summed E-state index contributed by atoms with van der Waals surface area (Å²) in [6.45, 7) is 0.0488. The molecule has 0 aromatic heterocycles. The molecule has 1 aromatic carbocycles. The van der Waals surface area contributed by atoms with E-state index < -0.39 is 11.4 Å². The van der Waals surface area contributed by atoms with Gasteiger partial charge in [0.05, 0.1) is 5.41 Å². The van der Waals surface area contributed by atoms with Crippen LogP contribution in [-0.2, 0) is 11.2 Å². The third kappa shape index (κ3) is 2.70. The topological polar surface area (TPSA) is 63.3 Å². The summed E-state index contributed by atoms with van der Waals surface area (Å²) in [5, 5.41) is 9.45. The Labute approximate surface area is 106 Å². The molecule has 1 atom stereocenters. The molecular weight excluding hydrogens is 233 g/mol. The molecule has 1 aliphatic carbocycles. The Balaban J connectivity index is 2.23. The molecule has 0 aliphatic heterocycles. The summed E-state index contributed by atoms with van der Waals surface area (Å²) in [4.78, 5) is 11.5. The maximum Gasteiger partial charge on any atom is 0.311 e. The third-order valence-corrected chi connectivity index (χ3v) is 3.71. The summed E-state index contributed by atoms with van der Waals surface area (Å²) in [5.41, 5.74) is 5.09. The molecule has 1 unspecified atom stereocenters. The van der Waals surface area contributed by atoms with E-state index in [0.717, 1.165) is 12.8 Å². The summed E-state index contributed by atoms with van der Waals surface area (Å²) in [6, 6.07) is 6.31. The fourth-order valence-corrected chi connectivity index (χ4v) is 2.36. The molecule has 0 spiro atoms. The van der Waals surface area contributed by atoms with Crippen LogP contribution in [0.2, 0.25) is 0 Å². The minimum Gasteiger partial charge on any atom is -0.481 e. The molecule has 2 rings (SSSR count). The van der Waals surface area contributed by atoms with Crippen LogP contribution in [0.3, 0.4) is 0 Å². The van der Waals surface area contributed by atoms with Gasteiger partial charge < -0.3 is 10.8 Å². The lowest BCUT2D eigenvalue weighted by Gasteiger charge is -2.28. The smallest absolute Gasteiger partial charge is 0.311 e. The normalized spacial score (nSPS) is 18.3. The number of carboxylic acid groups (broad SMARTS) is 1. The van der Waals surface area contributed by atoms with Gasteiger partial charge in [-0.05, 0) is 30.4 Å². The molecule has 3 N–H and O–H groups in total. The number of hydrogen-bond acceptors (Lipinski definition) is 2. The first kappa shape index (κ1) is 13.0. The van der Waals surface area contributed by atoms with Crippen molar-refractivity contribution in [3.8, 4) is 0 Å². The van der Waals surface area contributed by atoms with Crippen LogP contribution in [0.1, 0.15) is 24.8 Å². The lowest BCUT2D eigenvalue weighted by Crippen LogP contribution is -2.41. The second-order valence-corrected chi connectivity index (χ2v) is 5.21. The van der Waals surface area contributed by atoms with Crippen molar-refractivity contribution in [3.63, 3.8) is 0 Å². The Morgan fingerprint density at radius 2 is 2.11 bits per heavy atom. The molecule has 0 radical (unpaired) electrons. The van der Waals surface area contributed by atoms with Crippen molar-refractivity contribution in [2.75, 3.05) is 6.54 Å². The number of halogens is 1. The van der Waals surface area contributed by atoms with E-state index in [4.69, 9.17) is 5.73 Å². The van der Waals surface area contributed by atoms with Gasteiger partial charge in [-0.25, -0.2) is 4.39 Å². The zero-order valence-corrected chi connectivity index (χ0v) is 10.2. The van der Waals surface area contributed by atoms with Gasteiger partial charge in [0.1, 0.15) is 5.82 Å². The quantitative estimate of drug-likeness (QED) is 0.814. The third-order valence-electron chi connectivity index (χ3n) is 3.71. The van der Waals surface area contributed by atoms with Gasteiger partial charge in [0.2, 0.25) is 0 Å². The number of carbonyl (C=O) groups is 1. The van der Waals surface area contributed by atoms with E-state index in [-0.39, 0.29) is 18.8 Å². The Bertz CT molecular complexity index is 445. The molecule has 0 heterocycles. The Morgan fingerprint density at radius 3 is 2.61 bits per heavy atom. The lowest BCUT2D eigenvalue weighted by atomic mass is 9.77. The first-order valence-electron chi connectivity index (χ1n) is 6.24. The maximum atomic E-state index is 13.6. The van der Waals surface area contributed by atoms with E-state index in [2.05, 4.69) is 0 Å². The summed E-state index contributed by atoms with van der Waals surface area (Å²) in [7, 11) is 0. The van der Waals surface area contributed by atoms with Gasteiger partial charge in [-0.3, -0.25) is 4.79 Å². The van der Waals surface area contributed by atoms with E-state index in [0.29, 0.717) is 17.9 Å². The lowest BCUT2D eigenvalue weighted by molar-refractivity contribution is -0.149. The van der Waals surface area contributed by atoms with Crippen LogP contribution in [0.4, 0.5) is 4.39 Å². The molecule has 0 amide bonds. The first-order valence-corrected chi connectivity index (χ1v) is 6.24. The van der Waals surface area contributed by atoms with E-state index in [1.54, 1.807) is 18.2 Å². The second kappa shape index (κ2) is 5.06. The molecule has 3 nitrogen and oxygen atoms in total. The van der Waals surface area contributed by atoms with Crippen LogP contribution in [0.15, 0.2) is 24.3 Å². The van der Waals surface area contributed by atoms with Gasteiger partial charge in [-0.2, -0.15) is 0 Å². The molecule has 1 aromatic rings. The molecule has 18 heavy (non-hydrogen) atoms. The number of aliphatic carboxylic acids is 1. The second-order valence-electron chi connectivity index (χ2n) is 5.21. The largest absolute Gasteiger partial charge is 0.481 e. The van der Waals surface area contributed by atoms with E-state index >= 15 is 0 Å². The van der Waals surface area contributed by atoms with E-state index in [1.165, 1.54) is 6.07 Å². The molecule has 1 saturated carbocycles. The zero-order chi connectivity index (χ0) is 13.2. The molecule has 98 valence electrons. The first-order chi connectivity index (χ1) is 8.57. The van der Waals surface area contributed by atoms with Gasteiger partial charge in [-0.15, -0.1) is 0 Å². The van der Waals surface area contributed by atoms with Gasteiger partial charge in [-0.1, -0.05) is 31.0 Å². The number of benzene rings is 1. The minimum absolute atomic E-state index is 0.0488. The van der Waals surface area contributed by atoms with Crippen molar-refractivity contribution in [1.29, 1.82) is 0 Å². The predicted molar refractivity (Wildman–Crippen MR) is 66.6 cm³/mol. The summed E-state index contributed by atoms with van der Waals surface area (Å²) in [6.07, 6.45) is 2.84. The summed E-state index contributed by atoms with van der Waals surface area (Å²) in [5.74, 6) is -0.830. The van der Waals surface area contributed by atoms with Crippen molar-refractivity contribution < 1.29 is 14.3 Å². The molecule has 0 bridgehead atoms. The van der Waals surface area contributed by atoms with E-state index in [9.17, 15) is 14.3 Å². The summed E-state index contributed by atoms with van der Waals surface area (Å²) < 4.78 is 13.6. The fourth-order valence-electron chi connectivity index (χ4n) is 2.36. The average Bonchev–Trinajstić information content (AvgIpc) is 3.14. The van der Waals surface area contributed by atoms with Crippen molar-refractivity contribution in [2.24, 2.45) is 17.1 Å². The Morgan fingerprint density at radius 1 is 1.44 bits per heavy atom. The molecule has 0 saturated heterocycles. The van der Waals surface area contributed by atoms with Crippen molar-refractivity contribution >= 4 is 5.97 Å². The molecule has 1 fully saturated rings. The Hall–Kier alpha value is -1.42. The fraction of sp³-hybridized carbons (Fsp3) is 0.500. The Kier molecular flexibility index (Phi) is 3.66. The maximum absolute atomic E-state index is 13.6. The standard InChI is InChI=1S/C14H18FNO2/c15-12-4-2-1-3-11(12)8-14(9-16,13(17)18)7-10-5-6-10/h1-4,10H,5-9,16H2,(H,17,18). The highest BCUT2D eigenvalue weighted by Gasteiger charge is 2.42. The van der Waals surface area contributed by atoms with Gasteiger partial charge >= 0.3 is 5.97 Å². The SMILES string of the molecule is NCC(Cc1ccccc1F)(CC1CC1)C(=O)O. The number of rotatable bonds is 6. The highest BCUT2D eigenvalue weighted by atomic mass is 19.1. The van der Waals surface area contributed by atoms with Gasteiger partial charge in [0.25, 0.3) is 0 Å². The monoisotopic (exact) mass is 251 g/mol. The van der Waals surface area contributed by atoms with E-state index in [1.807, 2.05) is 0 Å². The number of nitrogens with two attached hydrogens (primary N) is 1. The van der Waals surface area contributed by atoms with Crippen LogP contribution in [0.25, 0.3) is 0 Å². The van der Waals surface area contributed by atoms with Crippen molar-refractivity contribution in [1.82, 2.24) is 0 Å². The van der Waals surface area contributed by atoms with Crippen LogP contribution in [-0.4, -0.2) is 17.6 Å². The zero-order valence-electron chi connectivity index (χ0n) is 10.2. The van der Waals surface area contributed by atoms with Gasteiger partial charge in [0, 0.05) is 6.54 Å². The minimum atomic E-state index is -1.02. The molecule has 1 aliphatic rings.